The molecular weight excluding hydrogens is 232 g/mol. The first-order chi connectivity index (χ1) is 8.69. The molecule has 0 aliphatic heterocycles. The highest BCUT2D eigenvalue weighted by Gasteiger charge is 2.14. The maximum atomic E-state index is 11.8. The van der Waals surface area contributed by atoms with Crippen LogP contribution >= 0.6 is 0 Å². The molecule has 2 rings (SSSR count). The molecule has 1 amide bonds. The summed E-state index contributed by atoms with van der Waals surface area (Å²) in [6.45, 7) is 4.47. The third-order valence-corrected chi connectivity index (χ3v) is 2.47. The summed E-state index contributed by atoms with van der Waals surface area (Å²) < 4.78 is 1.76. The Morgan fingerprint density at radius 3 is 3.06 bits per heavy atom. The van der Waals surface area contributed by atoms with Gasteiger partial charge in [-0.3, -0.25) is 14.6 Å². The van der Waals surface area contributed by atoms with Gasteiger partial charge >= 0.3 is 0 Å². The lowest BCUT2D eigenvalue weighted by molar-refractivity contribution is 0.0926. The molecule has 0 bridgehead atoms. The quantitative estimate of drug-likeness (QED) is 0.800. The minimum Gasteiger partial charge on any atom is -0.345 e. The fourth-order valence-electron chi connectivity index (χ4n) is 1.58. The van der Waals surface area contributed by atoms with Crippen LogP contribution in [0.3, 0.4) is 0 Å². The summed E-state index contributed by atoms with van der Waals surface area (Å²) in [5.41, 5.74) is 0. The highest BCUT2D eigenvalue weighted by molar-refractivity contribution is 5.90. The number of rotatable bonds is 5. The maximum absolute atomic E-state index is 11.8. The summed E-state index contributed by atoms with van der Waals surface area (Å²) in [6.07, 6.45) is 4.28. The predicted molar refractivity (Wildman–Crippen MR) is 64.9 cm³/mol. The Balaban J connectivity index is 1.90. The zero-order valence-electron chi connectivity index (χ0n) is 10.4. The Morgan fingerprint density at radius 1 is 1.61 bits per heavy atom. The number of nitrogens with one attached hydrogen (secondary N) is 2. The molecule has 7 heteroatoms. The molecule has 0 aliphatic carbocycles. The minimum atomic E-state index is -0.273. The van der Waals surface area contributed by atoms with Gasteiger partial charge in [0.2, 0.25) is 5.82 Å². The fourth-order valence-corrected chi connectivity index (χ4v) is 1.58. The molecule has 0 aromatic carbocycles. The SMILES string of the molecule is CCc1nc(C(=O)NC(C)Cn2cccn2)n[nH]1. The van der Waals surface area contributed by atoms with Crippen LogP contribution in [0, 0.1) is 0 Å². The molecule has 0 fully saturated rings. The van der Waals surface area contributed by atoms with E-state index in [1.807, 2.05) is 26.1 Å². The summed E-state index contributed by atoms with van der Waals surface area (Å²) >= 11 is 0. The number of aromatic amines is 1. The van der Waals surface area contributed by atoms with Crippen molar-refractivity contribution in [1.82, 2.24) is 30.3 Å². The van der Waals surface area contributed by atoms with Crippen LogP contribution in [0.2, 0.25) is 0 Å². The van der Waals surface area contributed by atoms with Crippen molar-refractivity contribution < 1.29 is 4.79 Å². The van der Waals surface area contributed by atoms with E-state index in [2.05, 4.69) is 25.6 Å². The second-order valence-corrected chi connectivity index (χ2v) is 4.06. The van der Waals surface area contributed by atoms with Crippen molar-refractivity contribution in [2.75, 3.05) is 0 Å². The molecule has 0 radical (unpaired) electrons. The highest BCUT2D eigenvalue weighted by Crippen LogP contribution is 1.96. The van der Waals surface area contributed by atoms with Crippen LogP contribution in [0.1, 0.15) is 30.3 Å². The number of H-pyrrole nitrogens is 1. The second kappa shape index (κ2) is 5.44. The molecule has 0 saturated carbocycles. The highest BCUT2D eigenvalue weighted by atomic mass is 16.2. The van der Waals surface area contributed by atoms with E-state index in [1.165, 1.54) is 0 Å². The van der Waals surface area contributed by atoms with E-state index in [4.69, 9.17) is 0 Å². The summed E-state index contributed by atoms with van der Waals surface area (Å²) in [4.78, 5) is 15.9. The fraction of sp³-hybridized carbons (Fsp3) is 0.455. The second-order valence-electron chi connectivity index (χ2n) is 4.06. The zero-order valence-corrected chi connectivity index (χ0v) is 10.4. The number of carbonyl (C=O) groups is 1. The van der Waals surface area contributed by atoms with Gasteiger partial charge in [-0.1, -0.05) is 6.92 Å². The first-order valence-corrected chi connectivity index (χ1v) is 5.88. The third-order valence-electron chi connectivity index (χ3n) is 2.47. The predicted octanol–water partition coefficient (Wildman–Crippen LogP) is 0.382. The molecule has 0 saturated heterocycles. The number of aromatic nitrogens is 5. The maximum Gasteiger partial charge on any atom is 0.291 e. The Morgan fingerprint density at radius 2 is 2.44 bits per heavy atom. The summed E-state index contributed by atoms with van der Waals surface area (Å²) in [6, 6.07) is 1.80. The molecule has 2 aromatic rings. The molecule has 1 atom stereocenters. The lowest BCUT2D eigenvalue weighted by Crippen LogP contribution is -2.36. The summed E-state index contributed by atoms with van der Waals surface area (Å²) in [7, 11) is 0. The topological polar surface area (TPSA) is 88.5 Å². The van der Waals surface area contributed by atoms with Crippen molar-refractivity contribution in [2.45, 2.75) is 32.9 Å². The number of amides is 1. The van der Waals surface area contributed by atoms with Crippen molar-refractivity contribution in [3.8, 4) is 0 Å². The lowest BCUT2D eigenvalue weighted by Gasteiger charge is -2.12. The molecular formula is C11H16N6O. The van der Waals surface area contributed by atoms with Crippen molar-refractivity contribution in [1.29, 1.82) is 0 Å². The van der Waals surface area contributed by atoms with Gasteiger partial charge in [-0.15, -0.1) is 5.10 Å². The van der Waals surface area contributed by atoms with Crippen molar-refractivity contribution in [2.24, 2.45) is 0 Å². The molecule has 0 aliphatic rings. The summed E-state index contributed by atoms with van der Waals surface area (Å²) in [5, 5.41) is 13.5. The molecule has 2 heterocycles. The smallest absolute Gasteiger partial charge is 0.291 e. The van der Waals surface area contributed by atoms with Gasteiger partial charge in [0.15, 0.2) is 0 Å². The zero-order chi connectivity index (χ0) is 13.0. The van der Waals surface area contributed by atoms with Crippen LogP contribution < -0.4 is 5.32 Å². The van der Waals surface area contributed by atoms with Gasteiger partial charge in [-0.2, -0.15) is 5.10 Å². The standard InChI is InChI=1S/C11H16N6O/c1-3-9-14-10(16-15-9)11(18)13-8(2)7-17-6-4-5-12-17/h4-6,8H,3,7H2,1-2H3,(H,13,18)(H,14,15,16). The lowest BCUT2D eigenvalue weighted by atomic mass is 10.3. The van der Waals surface area contributed by atoms with E-state index in [9.17, 15) is 4.79 Å². The molecule has 2 N–H and O–H groups in total. The third kappa shape index (κ3) is 2.93. The largest absolute Gasteiger partial charge is 0.345 e. The molecule has 0 spiro atoms. The Kier molecular flexibility index (Phi) is 3.71. The Bertz CT molecular complexity index is 503. The van der Waals surface area contributed by atoms with Crippen LogP contribution in [0.5, 0.6) is 0 Å². The summed E-state index contributed by atoms with van der Waals surface area (Å²) in [5.74, 6) is 0.615. The van der Waals surface area contributed by atoms with Crippen molar-refractivity contribution >= 4 is 5.91 Å². The van der Waals surface area contributed by atoms with Gasteiger partial charge in [0.1, 0.15) is 5.82 Å². The number of hydrogen-bond donors (Lipinski definition) is 2. The molecule has 7 nitrogen and oxygen atoms in total. The van der Waals surface area contributed by atoms with E-state index in [1.54, 1.807) is 10.9 Å². The van der Waals surface area contributed by atoms with Gasteiger partial charge in [-0.05, 0) is 13.0 Å². The van der Waals surface area contributed by atoms with Gasteiger partial charge in [-0.25, -0.2) is 4.98 Å². The molecule has 18 heavy (non-hydrogen) atoms. The van der Waals surface area contributed by atoms with Crippen LogP contribution in [-0.2, 0) is 13.0 Å². The number of nitrogens with zero attached hydrogens (tertiary/aromatic N) is 4. The van der Waals surface area contributed by atoms with Gasteiger partial charge in [0, 0.05) is 24.9 Å². The first kappa shape index (κ1) is 12.3. The van der Waals surface area contributed by atoms with Crippen molar-refractivity contribution in [3.63, 3.8) is 0 Å². The first-order valence-electron chi connectivity index (χ1n) is 5.88. The monoisotopic (exact) mass is 248 g/mol. The van der Waals surface area contributed by atoms with E-state index in [0.29, 0.717) is 12.4 Å². The van der Waals surface area contributed by atoms with Crippen LogP contribution in [0.4, 0.5) is 0 Å². The minimum absolute atomic E-state index is 0.0408. The number of aryl methyl sites for hydroxylation is 1. The normalized spacial score (nSPS) is 12.3. The van der Waals surface area contributed by atoms with E-state index in [0.717, 1.165) is 6.42 Å². The van der Waals surface area contributed by atoms with Crippen LogP contribution in [-0.4, -0.2) is 36.9 Å². The average Bonchev–Trinajstić information content (AvgIpc) is 2.98. The van der Waals surface area contributed by atoms with Crippen LogP contribution in [0.25, 0.3) is 0 Å². The van der Waals surface area contributed by atoms with E-state index in [-0.39, 0.29) is 17.8 Å². The Labute approximate surface area is 105 Å². The molecule has 1 unspecified atom stereocenters. The van der Waals surface area contributed by atoms with Crippen LogP contribution in [0.15, 0.2) is 18.5 Å². The van der Waals surface area contributed by atoms with E-state index >= 15 is 0 Å². The average molecular weight is 248 g/mol. The molecule has 2 aromatic heterocycles. The van der Waals surface area contributed by atoms with Gasteiger partial charge in [0.05, 0.1) is 6.54 Å². The van der Waals surface area contributed by atoms with E-state index < -0.39 is 0 Å². The number of carbonyl (C=O) groups excluding carboxylic acids is 1. The van der Waals surface area contributed by atoms with Gasteiger partial charge in [0.25, 0.3) is 5.91 Å². The van der Waals surface area contributed by atoms with Crippen molar-refractivity contribution in [3.05, 3.63) is 30.1 Å². The molecule has 96 valence electrons. The number of hydrogen-bond acceptors (Lipinski definition) is 4. The van der Waals surface area contributed by atoms with Gasteiger partial charge < -0.3 is 5.32 Å². The Hall–Kier alpha value is -2.18.